The molecule has 94 valence electrons. The number of aliphatic hydroxyl groups is 1. The second-order valence-electron chi connectivity index (χ2n) is 5.32. The Labute approximate surface area is 103 Å². The second-order valence-corrected chi connectivity index (χ2v) is 5.32. The standard InChI is InChI=1S/C14H22N2O/c1-11-8-12(9-15-3)4-5-13(11)16-7-6-14(2,17)10-16/h4-5,8,15,17H,6-7,9-10H2,1-3H3. The summed E-state index contributed by atoms with van der Waals surface area (Å²) in [5.41, 5.74) is 3.31. The Bertz CT molecular complexity index is 401. The van der Waals surface area contributed by atoms with Gasteiger partial charge in [0.1, 0.15) is 0 Å². The molecule has 1 fully saturated rings. The van der Waals surface area contributed by atoms with Gasteiger partial charge < -0.3 is 15.3 Å². The van der Waals surface area contributed by atoms with Gasteiger partial charge in [0.2, 0.25) is 0 Å². The summed E-state index contributed by atoms with van der Waals surface area (Å²) in [6.45, 7) is 6.64. The summed E-state index contributed by atoms with van der Waals surface area (Å²) in [7, 11) is 1.96. The summed E-state index contributed by atoms with van der Waals surface area (Å²) in [6, 6.07) is 6.55. The highest BCUT2D eigenvalue weighted by molar-refractivity contribution is 5.55. The number of aryl methyl sites for hydroxylation is 1. The lowest BCUT2D eigenvalue weighted by atomic mass is 10.1. The molecule has 1 unspecified atom stereocenters. The van der Waals surface area contributed by atoms with Crippen molar-refractivity contribution in [2.75, 3.05) is 25.0 Å². The van der Waals surface area contributed by atoms with Gasteiger partial charge in [0.05, 0.1) is 5.60 Å². The summed E-state index contributed by atoms with van der Waals surface area (Å²) >= 11 is 0. The van der Waals surface area contributed by atoms with E-state index in [9.17, 15) is 5.11 Å². The van der Waals surface area contributed by atoms with Crippen LogP contribution in [0.15, 0.2) is 18.2 Å². The molecular formula is C14H22N2O. The van der Waals surface area contributed by atoms with Crippen molar-refractivity contribution >= 4 is 5.69 Å². The van der Waals surface area contributed by atoms with Crippen molar-refractivity contribution in [1.82, 2.24) is 5.32 Å². The molecular weight excluding hydrogens is 212 g/mol. The number of nitrogens with zero attached hydrogens (tertiary/aromatic N) is 1. The minimum absolute atomic E-state index is 0.532. The van der Waals surface area contributed by atoms with Crippen LogP contribution in [0.25, 0.3) is 0 Å². The zero-order valence-electron chi connectivity index (χ0n) is 11.0. The maximum atomic E-state index is 10.0. The molecule has 2 N–H and O–H groups in total. The molecule has 1 aliphatic heterocycles. The van der Waals surface area contributed by atoms with Crippen molar-refractivity contribution in [3.05, 3.63) is 29.3 Å². The second kappa shape index (κ2) is 4.67. The number of β-amino-alcohol motifs (C(OH)–C–C–N with tert-alkyl or cyclic N) is 1. The number of nitrogens with one attached hydrogen (secondary N) is 1. The molecule has 0 bridgehead atoms. The van der Waals surface area contributed by atoms with E-state index in [1.54, 1.807) is 0 Å². The lowest BCUT2D eigenvalue weighted by Gasteiger charge is -2.23. The van der Waals surface area contributed by atoms with Gasteiger partial charge >= 0.3 is 0 Å². The minimum Gasteiger partial charge on any atom is -0.388 e. The Balaban J connectivity index is 2.17. The van der Waals surface area contributed by atoms with E-state index in [4.69, 9.17) is 0 Å². The Hall–Kier alpha value is -1.06. The molecule has 1 aromatic carbocycles. The van der Waals surface area contributed by atoms with Crippen LogP contribution in [0.2, 0.25) is 0 Å². The number of benzene rings is 1. The molecule has 0 aromatic heterocycles. The lowest BCUT2D eigenvalue weighted by Crippen LogP contribution is -2.29. The number of rotatable bonds is 3. The molecule has 2 rings (SSSR count). The van der Waals surface area contributed by atoms with E-state index in [0.29, 0.717) is 0 Å². The summed E-state index contributed by atoms with van der Waals surface area (Å²) in [4.78, 5) is 2.28. The highest BCUT2D eigenvalue weighted by Gasteiger charge is 2.31. The molecule has 1 aromatic rings. The van der Waals surface area contributed by atoms with Crippen LogP contribution in [0.1, 0.15) is 24.5 Å². The van der Waals surface area contributed by atoms with Gasteiger partial charge in [0, 0.05) is 25.3 Å². The van der Waals surface area contributed by atoms with Crippen molar-refractivity contribution in [2.24, 2.45) is 0 Å². The monoisotopic (exact) mass is 234 g/mol. The first-order chi connectivity index (χ1) is 8.02. The van der Waals surface area contributed by atoms with E-state index in [1.165, 1.54) is 16.8 Å². The predicted molar refractivity (Wildman–Crippen MR) is 71.4 cm³/mol. The van der Waals surface area contributed by atoms with Crippen molar-refractivity contribution in [3.63, 3.8) is 0 Å². The fourth-order valence-electron chi connectivity index (χ4n) is 2.54. The Morgan fingerprint density at radius 1 is 1.47 bits per heavy atom. The molecule has 1 aliphatic rings. The largest absolute Gasteiger partial charge is 0.388 e. The van der Waals surface area contributed by atoms with E-state index < -0.39 is 5.60 Å². The topological polar surface area (TPSA) is 35.5 Å². The molecule has 0 spiro atoms. The molecule has 1 heterocycles. The van der Waals surface area contributed by atoms with E-state index in [2.05, 4.69) is 35.3 Å². The summed E-state index contributed by atoms with van der Waals surface area (Å²) < 4.78 is 0. The molecule has 3 nitrogen and oxygen atoms in total. The van der Waals surface area contributed by atoms with Crippen LogP contribution >= 0.6 is 0 Å². The lowest BCUT2D eigenvalue weighted by molar-refractivity contribution is 0.0839. The van der Waals surface area contributed by atoms with Crippen molar-refractivity contribution < 1.29 is 5.11 Å². The van der Waals surface area contributed by atoms with Crippen LogP contribution < -0.4 is 10.2 Å². The van der Waals surface area contributed by atoms with Gasteiger partial charge in [-0.2, -0.15) is 0 Å². The fraction of sp³-hybridized carbons (Fsp3) is 0.571. The number of anilines is 1. The normalized spacial score (nSPS) is 24.4. The number of hydrogen-bond acceptors (Lipinski definition) is 3. The minimum atomic E-state index is -0.532. The quantitative estimate of drug-likeness (QED) is 0.835. The molecule has 0 radical (unpaired) electrons. The van der Waals surface area contributed by atoms with Crippen LogP contribution in [-0.2, 0) is 6.54 Å². The van der Waals surface area contributed by atoms with E-state index in [0.717, 1.165) is 26.1 Å². The van der Waals surface area contributed by atoms with Gasteiger partial charge in [0.15, 0.2) is 0 Å². The van der Waals surface area contributed by atoms with Gasteiger partial charge in [-0.25, -0.2) is 0 Å². The van der Waals surface area contributed by atoms with Gasteiger partial charge in [-0.05, 0) is 44.5 Å². The third-order valence-corrected chi connectivity index (χ3v) is 3.43. The van der Waals surface area contributed by atoms with Crippen LogP contribution in [-0.4, -0.2) is 30.8 Å². The first-order valence-corrected chi connectivity index (χ1v) is 6.23. The third kappa shape index (κ3) is 2.79. The molecule has 1 atom stereocenters. The van der Waals surface area contributed by atoms with Gasteiger partial charge in [-0.3, -0.25) is 0 Å². The maximum Gasteiger partial charge on any atom is 0.0810 e. The zero-order valence-corrected chi connectivity index (χ0v) is 11.0. The van der Waals surface area contributed by atoms with E-state index >= 15 is 0 Å². The van der Waals surface area contributed by atoms with Crippen LogP contribution in [0, 0.1) is 6.92 Å². The third-order valence-electron chi connectivity index (χ3n) is 3.43. The molecule has 0 saturated carbocycles. The van der Waals surface area contributed by atoms with Crippen molar-refractivity contribution in [3.8, 4) is 0 Å². The summed E-state index contributed by atoms with van der Waals surface area (Å²) in [5.74, 6) is 0. The zero-order chi connectivity index (χ0) is 12.5. The van der Waals surface area contributed by atoms with E-state index in [1.807, 2.05) is 14.0 Å². The molecule has 17 heavy (non-hydrogen) atoms. The fourth-order valence-corrected chi connectivity index (χ4v) is 2.54. The maximum absolute atomic E-state index is 10.0. The first-order valence-electron chi connectivity index (χ1n) is 6.23. The van der Waals surface area contributed by atoms with E-state index in [-0.39, 0.29) is 0 Å². The Morgan fingerprint density at radius 3 is 2.76 bits per heavy atom. The Morgan fingerprint density at radius 2 is 2.24 bits per heavy atom. The van der Waals surface area contributed by atoms with Crippen LogP contribution in [0.4, 0.5) is 5.69 Å². The first kappa shape index (κ1) is 12.4. The van der Waals surface area contributed by atoms with Crippen LogP contribution in [0.5, 0.6) is 0 Å². The predicted octanol–water partition coefficient (Wildman–Crippen LogP) is 1.68. The van der Waals surface area contributed by atoms with Crippen LogP contribution in [0.3, 0.4) is 0 Å². The SMILES string of the molecule is CNCc1ccc(N2CCC(C)(O)C2)c(C)c1. The van der Waals surface area contributed by atoms with Gasteiger partial charge in [-0.1, -0.05) is 12.1 Å². The van der Waals surface area contributed by atoms with Gasteiger partial charge in [0.25, 0.3) is 0 Å². The van der Waals surface area contributed by atoms with Crippen molar-refractivity contribution in [2.45, 2.75) is 32.4 Å². The average Bonchev–Trinajstić information content (AvgIpc) is 2.59. The summed E-state index contributed by atoms with van der Waals surface area (Å²) in [5, 5.41) is 13.2. The summed E-state index contributed by atoms with van der Waals surface area (Å²) in [6.07, 6.45) is 0.852. The Kier molecular flexibility index (Phi) is 3.40. The molecule has 1 saturated heterocycles. The number of hydrogen-bond donors (Lipinski definition) is 2. The average molecular weight is 234 g/mol. The van der Waals surface area contributed by atoms with Crippen molar-refractivity contribution in [1.29, 1.82) is 0 Å². The highest BCUT2D eigenvalue weighted by atomic mass is 16.3. The molecule has 0 amide bonds. The highest BCUT2D eigenvalue weighted by Crippen LogP contribution is 2.29. The smallest absolute Gasteiger partial charge is 0.0810 e. The van der Waals surface area contributed by atoms with Gasteiger partial charge in [-0.15, -0.1) is 0 Å². The molecule has 0 aliphatic carbocycles. The molecule has 3 heteroatoms.